The molecule has 0 aliphatic rings. The zero-order chi connectivity index (χ0) is 20.9. The Kier molecular flexibility index (Phi) is 6.33. The molecule has 1 aromatic heterocycles. The van der Waals surface area contributed by atoms with Gasteiger partial charge < -0.3 is 9.88 Å². The predicted molar refractivity (Wildman–Crippen MR) is 116 cm³/mol. The van der Waals surface area contributed by atoms with E-state index in [1.807, 2.05) is 31.2 Å². The van der Waals surface area contributed by atoms with Crippen LogP contribution in [0.1, 0.15) is 17.8 Å². The summed E-state index contributed by atoms with van der Waals surface area (Å²) in [5.74, 6) is 0.793. The maximum absolute atomic E-state index is 12.0. The number of rotatable bonds is 8. The van der Waals surface area contributed by atoms with Gasteiger partial charge in [0.15, 0.2) is 0 Å². The van der Waals surface area contributed by atoms with Gasteiger partial charge >= 0.3 is 0 Å². The Morgan fingerprint density at radius 3 is 2.59 bits per heavy atom. The number of aryl methyl sites for hydroxylation is 2. The first kappa shape index (κ1) is 20.6. The van der Waals surface area contributed by atoms with Gasteiger partial charge in [-0.15, -0.1) is 0 Å². The van der Waals surface area contributed by atoms with E-state index in [0.29, 0.717) is 12.2 Å². The summed E-state index contributed by atoms with van der Waals surface area (Å²) in [7, 11) is -3.30. The summed E-state index contributed by atoms with van der Waals surface area (Å²) in [5, 5.41) is 2.87. The van der Waals surface area contributed by atoms with Crippen molar-refractivity contribution in [1.29, 1.82) is 0 Å². The van der Waals surface area contributed by atoms with Crippen LogP contribution in [0.2, 0.25) is 0 Å². The highest BCUT2D eigenvalue weighted by Crippen LogP contribution is 2.15. The van der Waals surface area contributed by atoms with Crippen molar-refractivity contribution in [3.8, 4) is 0 Å². The first-order valence-electron chi connectivity index (χ1n) is 9.27. The van der Waals surface area contributed by atoms with Gasteiger partial charge in [-0.05, 0) is 49.2 Å². The summed E-state index contributed by atoms with van der Waals surface area (Å²) in [6, 6.07) is 14.8. The van der Waals surface area contributed by atoms with Gasteiger partial charge in [0, 0.05) is 24.9 Å². The number of anilines is 1. The highest BCUT2D eigenvalue weighted by Gasteiger charge is 2.06. The first-order valence-corrected chi connectivity index (χ1v) is 11.2. The molecule has 3 aromatic rings. The van der Waals surface area contributed by atoms with Gasteiger partial charge in [-0.3, -0.25) is 9.52 Å². The number of benzene rings is 2. The van der Waals surface area contributed by atoms with Gasteiger partial charge in [0.05, 0.1) is 17.3 Å². The van der Waals surface area contributed by atoms with Crippen molar-refractivity contribution in [2.75, 3.05) is 17.5 Å². The van der Waals surface area contributed by atoms with Crippen molar-refractivity contribution in [2.24, 2.45) is 0 Å². The van der Waals surface area contributed by atoms with E-state index < -0.39 is 10.0 Å². The number of aromatic nitrogens is 2. The number of nitrogens with one attached hydrogen (secondary N) is 2. The van der Waals surface area contributed by atoms with Crippen LogP contribution in [0, 0.1) is 6.92 Å². The van der Waals surface area contributed by atoms with Crippen LogP contribution in [0.15, 0.2) is 54.6 Å². The molecule has 0 saturated carbocycles. The molecular formula is C21H24N4O3S. The Hall–Kier alpha value is -3.13. The fourth-order valence-corrected chi connectivity index (χ4v) is 3.60. The third-order valence-corrected chi connectivity index (χ3v) is 4.95. The van der Waals surface area contributed by atoms with E-state index in [1.54, 1.807) is 30.3 Å². The van der Waals surface area contributed by atoms with Crippen LogP contribution >= 0.6 is 0 Å². The summed E-state index contributed by atoms with van der Waals surface area (Å²) < 4.78 is 27.0. The average Bonchev–Trinajstić information content (AvgIpc) is 2.98. The average molecular weight is 413 g/mol. The summed E-state index contributed by atoms with van der Waals surface area (Å²) in [5.41, 5.74) is 3.37. The lowest BCUT2D eigenvalue weighted by Gasteiger charge is -2.07. The Morgan fingerprint density at radius 1 is 1.14 bits per heavy atom. The first-order chi connectivity index (χ1) is 13.8. The van der Waals surface area contributed by atoms with E-state index in [-0.39, 0.29) is 5.91 Å². The summed E-state index contributed by atoms with van der Waals surface area (Å²) in [6.07, 6.45) is 5.05. The normalized spacial score (nSPS) is 11.8. The van der Waals surface area contributed by atoms with Crippen LogP contribution in [0.25, 0.3) is 17.1 Å². The van der Waals surface area contributed by atoms with Gasteiger partial charge in [-0.2, -0.15) is 0 Å². The van der Waals surface area contributed by atoms with Crippen molar-refractivity contribution in [1.82, 2.24) is 14.9 Å². The number of carbonyl (C=O) groups excluding carboxylic acids is 1. The van der Waals surface area contributed by atoms with Gasteiger partial charge in [0.2, 0.25) is 15.9 Å². The van der Waals surface area contributed by atoms with Crippen LogP contribution in [-0.2, 0) is 21.4 Å². The maximum Gasteiger partial charge on any atom is 0.244 e. The summed E-state index contributed by atoms with van der Waals surface area (Å²) in [6.45, 7) is 3.33. The number of carbonyl (C=O) groups is 1. The minimum Gasteiger partial charge on any atom is -0.352 e. The van der Waals surface area contributed by atoms with Crippen molar-refractivity contribution >= 4 is 38.7 Å². The molecule has 0 saturated heterocycles. The zero-order valence-corrected chi connectivity index (χ0v) is 17.2. The van der Waals surface area contributed by atoms with E-state index in [4.69, 9.17) is 0 Å². The molecule has 3 rings (SSSR count). The fraction of sp³-hybridized carbons (Fsp3) is 0.238. The van der Waals surface area contributed by atoms with Gasteiger partial charge in [0.1, 0.15) is 5.82 Å². The van der Waals surface area contributed by atoms with Crippen molar-refractivity contribution in [2.45, 2.75) is 19.9 Å². The number of para-hydroxylation sites is 2. The molecule has 1 amide bonds. The molecule has 0 atom stereocenters. The lowest BCUT2D eigenvalue weighted by atomic mass is 10.2. The highest BCUT2D eigenvalue weighted by atomic mass is 32.2. The van der Waals surface area contributed by atoms with Crippen molar-refractivity contribution in [3.63, 3.8) is 0 Å². The number of fused-ring (bicyclic) bond motifs is 1. The molecule has 0 radical (unpaired) electrons. The van der Waals surface area contributed by atoms with Gasteiger partial charge in [0.25, 0.3) is 0 Å². The van der Waals surface area contributed by atoms with Crippen LogP contribution in [0.5, 0.6) is 0 Å². The molecule has 2 N–H and O–H groups in total. The molecule has 29 heavy (non-hydrogen) atoms. The SMILES string of the molecule is Cc1nc2ccccc2n1CCCNC(=O)/C=C/c1ccc(NS(C)(=O)=O)cc1. The number of hydrogen-bond acceptors (Lipinski definition) is 4. The molecule has 152 valence electrons. The van der Waals surface area contributed by atoms with Crippen LogP contribution in [0.4, 0.5) is 5.69 Å². The minimum absolute atomic E-state index is 0.171. The molecule has 0 bridgehead atoms. The Labute approximate surface area is 170 Å². The highest BCUT2D eigenvalue weighted by molar-refractivity contribution is 7.92. The van der Waals surface area contributed by atoms with Gasteiger partial charge in [-0.25, -0.2) is 13.4 Å². The number of sulfonamides is 1. The quantitative estimate of drug-likeness (QED) is 0.439. The molecule has 7 nitrogen and oxygen atoms in total. The smallest absolute Gasteiger partial charge is 0.244 e. The Morgan fingerprint density at radius 2 is 1.86 bits per heavy atom. The van der Waals surface area contributed by atoms with E-state index in [0.717, 1.165) is 41.6 Å². The fourth-order valence-electron chi connectivity index (χ4n) is 3.03. The molecule has 0 unspecified atom stereocenters. The molecule has 8 heteroatoms. The lowest BCUT2D eigenvalue weighted by molar-refractivity contribution is -0.116. The van der Waals surface area contributed by atoms with Crippen LogP contribution in [0.3, 0.4) is 0 Å². The second-order valence-electron chi connectivity index (χ2n) is 6.77. The van der Waals surface area contributed by atoms with E-state index in [1.165, 1.54) is 6.08 Å². The molecule has 2 aromatic carbocycles. The zero-order valence-electron chi connectivity index (χ0n) is 16.4. The number of imidazole rings is 1. The molecule has 1 heterocycles. The standard InChI is InChI=1S/C21H24N4O3S/c1-16-23-19-6-3-4-7-20(19)25(16)15-5-14-22-21(26)13-10-17-8-11-18(12-9-17)24-29(2,27)28/h3-4,6-13,24H,5,14-15H2,1-2H3,(H,22,26)/b13-10+. The van der Waals surface area contributed by atoms with Gasteiger partial charge in [-0.1, -0.05) is 24.3 Å². The monoisotopic (exact) mass is 412 g/mol. The number of amides is 1. The van der Waals surface area contributed by atoms with E-state index in [2.05, 4.69) is 19.6 Å². The third kappa shape index (κ3) is 5.92. The lowest BCUT2D eigenvalue weighted by Crippen LogP contribution is -2.23. The Balaban J connectivity index is 1.46. The van der Waals surface area contributed by atoms with Crippen molar-refractivity contribution in [3.05, 3.63) is 66.0 Å². The van der Waals surface area contributed by atoms with E-state index >= 15 is 0 Å². The molecule has 0 aliphatic carbocycles. The minimum atomic E-state index is -3.30. The van der Waals surface area contributed by atoms with Crippen LogP contribution in [-0.4, -0.2) is 36.7 Å². The Bertz CT molecular complexity index is 1130. The second-order valence-corrected chi connectivity index (χ2v) is 8.52. The van der Waals surface area contributed by atoms with E-state index in [9.17, 15) is 13.2 Å². The molecule has 0 aliphatic heterocycles. The molecule has 0 spiro atoms. The van der Waals surface area contributed by atoms with Crippen molar-refractivity contribution < 1.29 is 13.2 Å². The number of nitrogens with zero attached hydrogens (tertiary/aromatic N) is 2. The summed E-state index contributed by atoms with van der Waals surface area (Å²) in [4.78, 5) is 16.5. The topological polar surface area (TPSA) is 93.1 Å². The molecular weight excluding hydrogens is 388 g/mol. The second kappa shape index (κ2) is 8.91. The third-order valence-electron chi connectivity index (χ3n) is 4.34. The summed E-state index contributed by atoms with van der Waals surface area (Å²) >= 11 is 0. The number of hydrogen-bond donors (Lipinski definition) is 2. The van der Waals surface area contributed by atoms with Crippen LogP contribution < -0.4 is 10.0 Å². The largest absolute Gasteiger partial charge is 0.352 e. The molecule has 0 fully saturated rings. The maximum atomic E-state index is 12.0. The predicted octanol–water partition coefficient (Wildman–Crippen LogP) is 2.94.